The minimum absolute atomic E-state index is 0.0709. The number of allylic oxidation sites excluding steroid dienone is 2. The number of alkyl halides is 1. The smallest absolute Gasteiger partial charge is 0.180 e. The molecule has 0 aromatic heterocycles. The van der Waals surface area contributed by atoms with Crippen LogP contribution < -0.4 is 0 Å². The number of halogens is 1. The van der Waals surface area contributed by atoms with Gasteiger partial charge in [0.2, 0.25) is 0 Å². The Labute approximate surface area is 178 Å². The van der Waals surface area contributed by atoms with Gasteiger partial charge in [0.15, 0.2) is 12.0 Å². The third-order valence-electron chi connectivity index (χ3n) is 10.2. The highest BCUT2D eigenvalue weighted by Gasteiger charge is 2.60. The molecule has 4 aliphatic carbocycles. The summed E-state index contributed by atoms with van der Waals surface area (Å²) in [5, 5.41) is 0. The van der Waals surface area contributed by atoms with Crippen molar-refractivity contribution >= 4 is 5.78 Å². The first-order chi connectivity index (χ1) is 13.7. The van der Waals surface area contributed by atoms with E-state index in [1.165, 1.54) is 44.9 Å². The fraction of sp³-hybridized carbons (Fsp3) is 0.889. The van der Waals surface area contributed by atoms with Crippen LogP contribution in [0, 0.1) is 46.3 Å². The van der Waals surface area contributed by atoms with Crippen LogP contribution >= 0.6 is 0 Å². The van der Waals surface area contributed by atoms with Gasteiger partial charge in [-0.15, -0.1) is 0 Å². The molecule has 0 saturated heterocycles. The van der Waals surface area contributed by atoms with Crippen molar-refractivity contribution in [3.8, 4) is 0 Å². The molecule has 0 heterocycles. The first kappa shape index (κ1) is 21.6. The monoisotopic (exact) mass is 402 g/mol. The van der Waals surface area contributed by atoms with Gasteiger partial charge >= 0.3 is 0 Å². The lowest BCUT2D eigenvalue weighted by atomic mass is 9.47. The number of Topliss-reactive ketones (excluding diaryl/α,β-unsaturated/α-hetero) is 1. The van der Waals surface area contributed by atoms with Gasteiger partial charge < -0.3 is 0 Å². The Bertz CT molecular complexity index is 665. The second kappa shape index (κ2) is 7.79. The van der Waals surface area contributed by atoms with Gasteiger partial charge in [0.25, 0.3) is 0 Å². The highest BCUT2D eigenvalue weighted by atomic mass is 19.1. The zero-order valence-corrected chi connectivity index (χ0v) is 19.5. The van der Waals surface area contributed by atoms with Crippen LogP contribution in [0.2, 0.25) is 0 Å². The van der Waals surface area contributed by atoms with Gasteiger partial charge in [-0.2, -0.15) is 0 Å². The molecule has 0 spiro atoms. The molecule has 0 radical (unpaired) electrons. The Balaban J connectivity index is 1.52. The van der Waals surface area contributed by atoms with Crippen LogP contribution in [0.4, 0.5) is 4.39 Å². The molecule has 3 fully saturated rings. The second-order valence-corrected chi connectivity index (χ2v) is 12.0. The van der Waals surface area contributed by atoms with Crippen molar-refractivity contribution in [2.45, 2.75) is 105 Å². The Hall–Kier alpha value is -0.660. The number of hydrogen-bond donors (Lipinski definition) is 0. The first-order valence-electron chi connectivity index (χ1n) is 12.6. The summed E-state index contributed by atoms with van der Waals surface area (Å²) in [5.74, 6) is 4.41. The SMILES string of the molecule is CC(C)CCC[C@@H](C)[C@H]1CC[C@H]2[C@@H]3CC=C4[C@@H](F)C(=O)CC[C@]4(C)[C@H]3CC[C@]12C. The molecule has 8 atom stereocenters. The number of carbonyl (C=O) groups excluding carboxylic acids is 1. The topological polar surface area (TPSA) is 17.1 Å². The van der Waals surface area contributed by atoms with Crippen LogP contribution in [0.5, 0.6) is 0 Å². The summed E-state index contributed by atoms with van der Waals surface area (Å²) in [7, 11) is 0. The van der Waals surface area contributed by atoms with Crippen LogP contribution in [0.15, 0.2) is 11.6 Å². The van der Waals surface area contributed by atoms with Crippen LogP contribution in [0.25, 0.3) is 0 Å². The third-order valence-corrected chi connectivity index (χ3v) is 10.2. The second-order valence-electron chi connectivity index (χ2n) is 12.0. The normalized spacial score (nSPS) is 45.4. The van der Waals surface area contributed by atoms with Gasteiger partial charge in [-0.05, 0) is 90.4 Å². The van der Waals surface area contributed by atoms with E-state index in [9.17, 15) is 9.18 Å². The molecule has 3 saturated carbocycles. The fourth-order valence-corrected chi connectivity index (χ4v) is 8.55. The van der Waals surface area contributed by atoms with Gasteiger partial charge in [-0.25, -0.2) is 4.39 Å². The number of carbonyl (C=O) groups is 1. The predicted molar refractivity (Wildman–Crippen MR) is 118 cm³/mol. The number of rotatable bonds is 5. The van der Waals surface area contributed by atoms with E-state index in [1.807, 2.05) is 0 Å². The largest absolute Gasteiger partial charge is 0.296 e. The highest BCUT2D eigenvalue weighted by Crippen LogP contribution is 2.67. The molecule has 0 aromatic carbocycles. The Morgan fingerprint density at radius 3 is 2.55 bits per heavy atom. The maximum Gasteiger partial charge on any atom is 0.180 e. The molecule has 0 unspecified atom stereocenters. The minimum Gasteiger partial charge on any atom is -0.296 e. The molecular formula is C27H43FO. The quantitative estimate of drug-likeness (QED) is 0.434. The van der Waals surface area contributed by atoms with E-state index in [4.69, 9.17) is 0 Å². The van der Waals surface area contributed by atoms with Gasteiger partial charge in [-0.1, -0.05) is 60.0 Å². The first-order valence-corrected chi connectivity index (χ1v) is 12.6. The summed E-state index contributed by atoms with van der Waals surface area (Å²) in [4.78, 5) is 12.0. The van der Waals surface area contributed by atoms with Crippen molar-refractivity contribution in [1.29, 1.82) is 0 Å². The zero-order chi connectivity index (χ0) is 21.0. The van der Waals surface area contributed by atoms with Crippen LogP contribution in [-0.2, 0) is 4.79 Å². The van der Waals surface area contributed by atoms with E-state index < -0.39 is 6.17 Å². The Morgan fingerprint density at radius 1 is 1.07 bits per heavy atom. The average Bonchev–Trinajstić information content (AvgIpc) is 3.02. The van der Waals surface area contributed by atoms with E-state index in [0.29, 0.717) is 23.7 Å². The number of fused-ring (bicyclic) bond motifs is 5. The van der Waals surface area contributed by atoms with E-state index in [0.717, 1.165) is 42.1 Å². The number of ketones is 1. The average molecular weight is 403 g/mol. The lowest BCUT2D eigenvalue weighted by Crippen LogP contribution is -2.52. The molecule has 1 nitrogen and oxygen atoms in total. The standard InChI is InChI=1S/C27H43FO/c1-17(2)7-6-8-18(3)20-11-12-21-19-9-10-23-25(28)24(29)14-16-27(23,5)22(19)13-15-26(20,21)4/h10,17-22,25H,6-9,11-16H2,1-5H3/t18-,19+,20-,21+,22+,25-,26-,27-/m1/s1. The van der Waals surface area contributed by atoms with E-state index >= 15 is 0 Å². The third kappa shape index (κ3) is 3.45. The van der Waals surface area contributed by atoms with Crippen LogP contribution in [0.1, 0.15) is 98.8 Å². The van der Waals surface area contributed by atoms with Crippen molar-refractivity contribution in [2.24, 2.45) is 46.3 Å². The van der Waals surface area contributed by atoms with Gasteiger partial charge in [0.1, 0.15) is 0 Å². The molecule has 0 bridgehead atoms. The van der Waals surface area contributed by atoms with E-state index in [-0.39, 0.29) is 11.2 Å². The van der Waals surface area contributed by atoms with Crippen molar-refractivity contribution in [1.82, 2.24) is 0 Å². The summed E-state index contributed by atoms with van der Waals surface area (Å²) in [6.07, 6.45) is 12.6. The minimum atomic E-state index is -1.32. The van der Waals surface area contributed by atoms with Crippen molar-refractivity contribution in [2.75, 3.05) is 0 Å². The van der Waals surface area contributed by atoms with Crippen molar-refractivity contribution < 1.29 is 9.18 Å². The maximum atomic E-state index is 14.8. The summed E-state index contributed by atoms with van der Waals surface area (Å²) < 4.78 is 14.8. The highest BCUT2D eigenvalue weighted by molar-refractivity contribution is 5.87. The van der Waals surface area contributed by atoms with Gasteiger partial charge in [-0.3, -0.25) is 4.79 Å². The molecule has 29 heavy (non-hydrogen) atoms. The predicted octanol–water partition coefficient (Wildman–Crippen LogP) is 7.54. The zero-order valence-electron chi connectivity index (χ0n) is 19.5. The van der Waals surface area contributed by atoms with E-state index in [1.54, 1.807) is 0 Å². The molecule has 0 aliphatic heterocycles. The lowest BCUT2D eigenvalue weighted by Gasteiger charge is -2.58. The fourth-order valence-electron chi connectivity index (χ4n) is 8.55. The van der Waals surface area contributed by atoms with Crippen LogP contribution in [0.3, 0.4) is 0 Å². The molecule has 2 heteroatoms. The summed E-state index contributed by atoms with van der Waals surface area (Å²) in [6, 6.07) is 0. The number of hydrogen-bond acceptors (Lipinski definition) is 1. The molecule has 0 N–H and O–H groups in total. The summed E-state index contributed by atoms with van der Waals surface area (Å²) >= 11 is 0. The van der Waals surface area contributed by atoms with Gasteiger partial charge in [0.05, 0.1) is 0 Å². The Kier molecular flexibility index (Phi) is 5.79. The molecule has 0 aromatic rings. The molecule has 0 amide bonds. The van der Waals surface area contributed by atoms with Gasteiger partial charge in [0, 0.05) is 6.42 Å². The van der Waals surface area contributed by atoms with Crippen molar-refractivity contribution in [3.05, 3.63) is 11.6 Å². The lowest BCUT2D eigenvalue weighted by molar-refractivity contribution is -0.128. The maximum absolute atomic E-state index is 14.8. The molecular weight excluding hydrogens is 359 g/mol. The van der Waals surface area contributed by atoms with Crippen LogP contribution in [-0.4, -0.2) is 12.0 Å². The Morgan fingerprint density at radius 2 is 1.83 bits per heavy atom. The van der Waals surface area contributed by atoms with E-state index in [2.05, 4.69) is 40.7 Å². The molecule has 4 rings (SSSR count). The molecule has 4 aliphatic rings. The summed E-state index contributed by atoms with van der Waals surface area (Å²) in [5.41, 5.74) is 1.26. The summed E-state index contributed by atoms with van der Waals surface area (Å²) in [6.45, 7) is 12.1. The molecule has 164 valence electrons. The van der Waals surface area contributed by atoms with Crippen molar-refractivity contribution in [3.63, 3.8) is 0 Å².